The SMILES string of the molecule is Cc1noc([C@@H](C)N[C@@H](c2ccc(F)cc2)C2CCC2)n1. The fraction of sp³-hybridized carbons (Fsp3) is 0.500. The summed E-state index contributed by atoms with van der Waals surface area (Å²) in [7, 11) is 0. The molecule has 0 bridgehead atoms. The van der Waals surface area contributed by atoms with Crippen molar-refractivity contribution in [3.63, 3.8) is 0 Å². The highest BCUT2D eigenvalue weighted by molar-refractivity contribution is 5.21. The Bertz CT molecular complexity index is 592. The minimum absolute atomic E-state index is 0.0261. The molecule has 0 saturated heterocycles. The Balaban J connectivity index is 1.77. The van der Waals surface area contributed by atoms with Crippen molar-refractivity contribution >= 4 is 0 Å². The molecule has 1 N–H and O–H groups in total. The van der Waals surface area contributed by atoms with Crippen LogP contribution in [0.5, 0.6) is 0 Å². The molecule has 1 heterocycles. The first-order valence-corrected chi connectivity index (χ1v) is 7.45. The van der Waals surface area contributed by atoms with Gasteiger partial charge in [-0.15, -0.1) is 0 Å². The lowest BCUT2D eigenvalue weighted by Crippen LogP contribution is -2.34. The molecule has 3 rings (SSSR count). The first-order valence-electron chi connectivity index (χ1n) is 7.45. The number of hydrogen-bond donors (Lipinski definition) is 1. The Hall–Kier alpha value is -1.75. The Morgan fingerprint density at radius 3 is 2.52 bits per heavy atom. The molecule has 1 aliphatic carbocycles. The molecule has 0 spiro atoms. The third-order valence-electron chi connectivity index (χ3n) is 4.19. The number of rotatable bonds is 5. The lowest BCUT2D eigenvalue weighted by atomic mass is 9.77. The van der Waals surface area contributed by atoms with Crippen molar-refractivity contribution in [2.24, 2.45) is 5.92 Å². The first-order chi connectivity index (χ1) is 10.1. The van der Waals surface area contributed by atoms with Gasteiger partial charge >= 0.3 is 0 Å². The van der Waals surface area contributed by atoms with Gasteiger partial charge in [-0.25, -0.2) is 4.39 Å². The Morgan fingerprint density at radius 2 is 2.00 bits per heavy atom. The van der Waals surface area contributed by atoms with Crippen molar-refractivity contribution < 1.29 is 8.91 Å². The van der Waals surface area contributed by atoms with E-state index in [0.29, 0.717) is 17.6 Å². The zero-order valence-corrected chi connectivity index (χ0v) is 12.3. The van der Waals surface area contributed by atoms with Gasteiger partial charge in [-0.2, -0.15) is 4.98 Å². The van der Waals surface area contributed by atoms with Crippen LogP contribution in [-0.4, -0.2) is 10.1 Å². The van der Waals surface area contributed by atoms with E-state index >= 15 is 0 Å². The molecule has 112 valence electrons. The second kappa shape index (κ2) is 5.93. The van der Waals surface area contributed by atoms with Crippen LogP contribution in [0.1, 0.15) is 55.5 Å². The van der Waals surface area contributed by atoms with Crippen LogP contribution in [0.2, 0.25) is 0 Å². The highest BCUT2D eigenvalue weighted by atomic mass is 19.1. The average molecular weight is 289 g/mol. The number of benzene rings is 1. The van der Waals surface area contributed by atoms with E-state index in [4.69, 9.17) is 4.52 Å². The highest BCUT2D eigenvalue weighted by Crippen LogP contribution is 2.38. The summed E-state index contributed by atoms with van der Waals surface area (Å²) in [4.78, 5) is 4.27. The lowest BCUT2D eigenvalue weighted by molar-refractivity contribution is 0.207. The van der Waals surface area contributed by atoms with Gasteiger partial charge in [0.1, 0.15) is 5.82 Å². The maximum Gasteiger partial charge on any atom is 0.243 e. The monoisotopic (exact) mass is 289 g/mol. The van der Waals surface area contributed by atoms with E-state index in [2.05, 4.69) is 15.5 Å². The predicted molar refractivity (Wildman–Crippen MR) is 77.1 cm³/mol. The molecule has 21 heavy (non-hydrogen) atoms. The van der Waals surface area contributed by atoms with Gasteiger partial charge in [-0.3, -0.25) is 5.32 Å². The summed E-state index contributed by atoms with van der Waals surface area (Å²) >= 11 is 0. The van der Waals surface area contributed by atoms with Crippen LogP contribution in [0.25, 0.3) is 0 Å². The largest absolute Gasteiger partial charge is 0.338 e. The fourth-order valence-electron chi connectivity index (χ4n) is 2.78. The molecule has 1 aromatic heterocycles. The summed E-state index contributed by atoms with van der Waals surface area (Å²) in [5.74, 6) is 1.62. The standard InChI is InChI=1S/C16H20FN3O/c1-10(16-19-11(2)20-21-16)18-15(12-4-3-5-12)13-6-8-14(17)9-7-13/h6-10,12,15,18H,3-5H2,1-2H3/t10-,15-/m1/s1. The van der Waals surface area contributed by atoms with E-state index in [0.717, 1.165) is 5.56 Å². The number of hydrogen-bond acceptors (Lipinski definition) is 4. The van der Waals surface area contributed by atoms with Crippen LogP contribution in [0.4, 0.5) is 4.39 Å². The predicted octanol–water partition coefficient (Wildman–Crippen LogP) is 3.71. The lowest BCUT2D eigenvalue weighted by Gasteiger charge is -2.36. The van der Waals surface area contributed by atoms with E-state index < -0.39 is 0 Å². The molecule has 4 nitrogen and oxygen atoms in total. The Labute approximate surface area is 123 Å². The summed E-state index contributed by atoms with van der Waals surface area (Å²) in [5.41, 5.74) is 1.11. The van der Waals surface area contributed by atoms with Crippen molar-refractivity contribution in [1.82, 2.24) is 15.5 Å². The van der Waals surface area contributed by atoms with E-state index in [1.165, 1.54) is 31.4 Å². The van der Waals surface area contributed by atoms with Crippen molar-refractivity contribution in [3.8, 4) is 0 Å². The van der Waals surface area contributed by atoms with E-state index in [9.17, 15) is 4.39 Å². The van der Waals surface area contributed by atoms with Crippen LogP contribution in [0, 0.1) is 18.7 Å². The normalized spacial score (nSPS) is 18.2. The van der Waals surface area contributed by atoms with E-state index in [1.54, 1.807) is 0 Å². The third kappa shape index (κ3) is 3.13. The molecule has 1 fully saturated rings. The number of nitrogens with one attached hydrogen (secondary N) is 1. The van der Waals surface area contributed by atoms with Gasteiger partial charge in [-0.05, 0) is 50.3 Å². The number of aromatic nitrogens is 2. The number of aryl methyl sites for hydroxylation is 1. The van der Waals surface area contributed by atoms with Gasteiger partial charge in [-0.1, -0.05) is 23.7 Å². The quantitative estimate of drug-likeness (QED) is 0.911. The molecule has 1 aromatic carbocycles. The molecule has 0 amide bonds. The smallest absolute Gasteiger partial charge is 0.243 e. The molecular weight excluding hydrogens is 269 g/mol. The fourth-order valence-corrected chi connectivity index (χ4v) is 2.78. The molecule has 0 radical (unpaired) electrons. The van der Waals surface area contributed by atoms with Crippen LogP contribution < -0.4 is 5.32 Å². The Morgan fingerprint density at radius 1 is 1.29 bits per heavy atom. The van der Waals surface area contributed by atoms with Crippen molar-refractivity contribution in [2.75, 3.05) is 0 Å². The van der Waals surface area contributed by atoms with Crippen molar-refractivity contribution in [2.45, 2.75) is 45.2 Å². The molecule has 2 atom stereocenters. The second-order valence-corrected chi connectivity index (χ2v) is 5.79. The first kappa shape index (κ1) is 14.2. The summed E-state index contributed by atoms with van der Waals surface area (Å²) < 4.78 is 18.4. The van der Waals surface area contributed by atoms with Crippen LogP contribution in [0.15, 0.2) is 28.8 Å². The van der Waals surface area contributed by atoms with E-state index in [1.807, 2.05) is 26.0 Å². The molecule has 0 unspecified atom stereocenters. The van der Waals surface area contributed by atoms with Gasteiger partial charge < -0.3 is 4.52 Å². The van der Waals surface area contributed by atoms with Crippen molar-refractivity contribution in [1.29, 1.82) is 0 Å². The third-order valence-corrected chi connectivity index (χ3v) is 4.19. The van der Waals surface area contributed by atoms with Gasteiger partial charge in [0, 0.05) is 6.04 Å². The van der Waals surface area contributed by atoms with Gasteiger partial charge in [0.2, 0.25) is 5.89 Å². The summed E-state index contributed by atoms with van der Waals surface area (Å²) in [5, 5.41) is 7.40. The Kier molecular flexibility index (Phi) is 4.01. The zero-order valence-electron chi connectivity index (χ0n) is 12.3. The maximum absolute atomic E-state index is 13.1. The minimum atomic E-state index is -0.202. The minimum Gasteiger partial charge on any atom is -0.338 e. The van der Waals surface area contributed by atoms with Crippen molar-refractivity contribution in [3.05, 3.63) is 47.4 Å². The van der Waals surface area contributed by atoms with Crippen LogP contribution in [-0.2, 0) is 0 Å². The second-order valence-electron chi connectivity index (χ2n) is 5.79. The molecule has 1 aliphatic rings. The van der Waals surface area contributed by atoms with Crippen LogP contribution in [0.3, 0.4) is 0 Å². The topological polar surface area (TPSA) is 51.0 Å². The highest BCUT2D eigenvalue weighted by Gasteiger charge is 2.30. The zero-order chi connectivity index (χ0) is 14.8. The molecular formula is C16H20FN3O. The molecule has 0 aliphatic heterocycles. The van der Waals surface area contributed by atoms with Crippen LogP contribution >= 0.6 is 0 Å². The number of halogens is 1. The summed E-state index contributed by atoms with van der Waals surface area (Å²) in [6.45, 7) is 3.82. The van der Waals surface area contributed by atoms with Gasteiger partial charge in [0.05, 0.1) is 6.04 Å². The summed E-state index contributed by atoms with van der Waals surface area (Å²) in [6.07, 6.45) is 3.66. The average Bonchev–Trinajstić information content (AvgIpc) is 2.83. The molecule has 2 aromatic rings. The maximum atomic E-state index is 13.1. The van der Waals surface area contributed by atoms with E-state index in [-0.39, 0.29) is 17.9 Å². The summed E-state index contributed by atoms with van der Waals surface area (Å²) in [6, 6.07) is 6.92. The molecule has 5 heteroatoms. The van der Waals surface area contributed by atoms with Gasteiger partial charge in [0.25, 0.3) is 0 Å². The number of nitrogens with zero attached hydrogens (tertiary/aromatic N) is 2. The van der Waals surface area contributed by atoms with Gasteiger partial charge in [0.15, 0.2) is 5.82 Å². The molecule has 1 saturated carbocycles.